The Morgan fingerprint density at radius 3 is 2.29 bits per heavy atom. The minimum atomic E-state index is -0.100. The molecule has 0 radical (unpaired) electrons. The van der Waals surface area contributed by atoms with Gasteiger partial charge in [-0.05, 0) is 47.5 Å². The molecule has 1 amide bonds. The number of hydrogen-bond acceptors (Lipinski definition) is 5. The number of amides is 1. The van der Waals surface area contributed by atoms with E-state index in [9.17, 15) is 4.79 Å². The fraction of sp³-hybridized carbons (Fsp3) is 0.0769. The second-order valence-corrected chi connectivity index (χ2v) is 7.35. The van der Waals surface area contributed by atoms with Crippen LogP contribution < -0.4 is 67.9 Å². The predicted molar refractivity (Wildman–Crippen MR) is 140 cm³/mol. The molecule has 0 aliphatic carbocycles. The quantitative estimate of drug-likeness (QED) is 0.137. The van der Waals surface area contributed by atoms with Gasteiger partial charge in [-0.1, -0.05) is 54.6 Å². The molecule has 0 fully saturated rings. The number of para-hydroxylation sites is 1. The Morgan fingerprint density at radius 1 is 0.912 bits per heavy atom. The van der Waals surface area contributed by atoms with Gasteiger partial charge in [0, 0.05) is 35.0 Å². The van der Waals surface area contributed by atoms with Crippen LogP contribution >= 0.6 is 12.6 Å². The van der Waals surface area contributed by atoms with Crippen molar-refractivity contribution in [2.45, 2.75) is 6.54 Å². The van der Waals surface area contributed by atoms with Gasteiger partial charge in [0.25, 0.3) is 0 Å². The number of carbonyl (C=O) groups excluding carboxylic acids is 1. The van der Waals surface area contributed by atoms with Crippen LogP contribution in [0.5, 0.6) is 0 Å². The normalized spacial score (nSPS) is 9.68. The number of anilines is 3. The predicted octanol–water partition coefficient (Wildman–Crippen LogP) is 2.79. The molecule has 4 aromatic rings. The van der Waals surface area contributed by atoms with Crippen molar-refractivity contribution >= 4 is 35.6 Å². The van der Waals surface area contributed by atoms with Crippen molar-refractivity contribution in [3.05, 3.63) is 114 Å². The molecule has 6 nitrogen and oxygen atoms in total. The molecule has 0 bridgehead atoms. The molecule has 1 aromatic heterocycles. The summed E-state index contributed by atoms with van der Waals surface area (Å²) in [6, 6.07) is 29.0. The van der Waals surface area contributed by atoms with Crippen LogP contribution in [0, 0.1) is 0 Å². The molecular weight excluding hydrogens is 469 g/mol. The number of aromatic nitrogens is 1. The Balaban J connectivity index is 0.000000234. The maximum atomic E-state index is 11.4. The molecule has 0 saturated heterocycles. The van der Waals surface area contributed by atoms with E-state index < -0.39 is 0 Å². The fourth-order valence-electron chi connectivity index (χ4n) is 2.92. The van der Waals surface area contributed by atoms with E-state index in [2.05, 4.69) is 33.8 Å². The molecule has 3 aromatic carbocycles. The number of carbonyl (C=O) groups is 1. The summed E-state index contributed by atoms with van der Waals surface area (Å²) < 4.78 is 0. The number of pyridine rings is 1. The van der Waals surface area contributed by atoms with Crippen LogP contribution in [-0.4, -0.2) is 16.6 Å². The van der Waals surface area contributed by atoms with Crippen LogP contribution in [0.15, 0.2) is 103 Å². The average Bonchev–Trinajstić information content (AvgIpc) is 2.87. The van der Waals surface area contributed by atoms with E-state index in [4.69, 9.17) is 5.73 Å². The summed E-state index contributed by atoms with van der Waals surface area (Å²) in [7, 11) is 0. The van der Waals surface area contributed by atoms with Gasteiger partial charge in [0.2, 0.25) is 5.91 Å². The van der Waals surface area contributed by atoms with Crippen molar-refractivity contribution in [1.82, 2.24) is 4.98 Å². The zero-order chi connectivity index (χ0) is 23.3. The van der Waals surface area contributed by atoms with Crippen LogP contribution in [0.25, 0.3) is 16.6 Å². The summed E-state index contributed by atoms with van der Waals surface area (Å²) in [5, 5.41) is 2.84. The SMILES string of the molecule is Nc1ccc(N[N-]Cc2cccnc2)cc1.O=C(CS)Nc1ccccc1-c1ccccc1.[K+]. The van der Waals surface area contributed by atoms with Gasteiger partial charge in [0.15, 0.2) is 0 Å². The number of nitrogens with zero attached hydrogens (tertiary/aromatic N) is 2. The van der Waals surface area contributed by atoms with Gasteiger partial charge in [0.05, 0.1) is 5.75 Å². The molecule has 0 aliphatic heterocycles. The Kier molecular flexibility index (Phi) is 12.9. The smallest absolute Gasteiger partial charge is 0.567 e. The number of benzene rings is 3. The van der Waals surface area contributed by atoms with Gasteiger partial charge in [-0.3, -0.25) is 9.78 Å². The Morgan fingerprint density at radius 2 is 1.62 bits per heavy atom. The third kappa shape index (κ3) is 9.59. The number of nitrogen functional groups attached to an aromatic ring is 1. The molecule has 8 heteroatoms. The largest absolute Gasteiger partial charge is 1.00 e. The second kappa shape index (κ2) is 15.7. The van der Waals surface area contributed by atoms with E-state index in [1.54, 1.807) is 12.4 Å². The summed E-state index contributed by atoms with van der Waals surface area (Å²) in [5.74, 6) is 0.0834. The molecular formula is C26H26KN5OS. The molecule has 0 aliphatic rings. The van der Waals surface area contributed by atoms with E-state index in [1.807, 2.05) is 91.0 Å². The number of nitrogens with two attached hydrogens (primary N) is 1. The van der Waals surface area contributed by atoms with Crippen LogP contribution in [0.1, 0.15) is 5.56 Å². The first kappa shape index (κ1) is 28.1. The minimum absolute atomic E-state index is 0. The van der Waals surface area contributed by atoms with Crippen molar-refractivity contribution in [2.24, 2.45) is 0 Å². The molecule has 1 heterocycles. The van der Waals surface area contributed by atoms with Crippen molar-refractivity contribution in [1.29, 1.82) is 0 Å². The summed E-state index contributed by atoms with van der Waals surface area (Å²) >= 11 is 3.96. The van der Waals surface area contributed by atoms with Crippen molar-refractivity contribution in [3.63, 3.8) is 0 Å². The topological polar surface area (TPSA) is 94.1 Å². The van der Waals surface area contributed by atoms with Gasteiger partial charge in [0.1, 0.15) is 0 Å². The van der Waals surface area contributed by atoms with E-state index >= 15 is 0 Å². The van der Waals surface area contributed by atoms with E-state index in [-0.39, 0.29) is 63.0 Å². The molecule has 0 unspecified atom stereocenters. The third-order valence-corrected chi connectivity index (χ3v) is 4.82. The summed E-state index contributed by atoms with van der Waals surface area (Å²) in [6.45, 7) is 0.595. The standard InChI is InChI=1S/C14H13NOS.C12H13N4.K/c16-14(10-17)15-13-9-5-4-8-12(13)11-6-2-1-3-7-11;13-11-3-5-12(6-4-11)16-15-9-10-2-1-7-14-8-10;/h1-9,17H,10H2,(H,15,16);1-8,16H,9,13H2;/q;-1;+1. The first-order valence-electron chi connectivity index (χ1n) is 10.4. The summed E-state index contributed by atoms with van der Waals surface area (Å²) in [6.07, 6.45) is 3.55. The molecule has 34 heavy (non-hydrogen) atoms. The van der Waals surface area contributed by atoms with Crippen molar-refractivity contribution in [2.75, 3.05) is 22.2 Å². The van der Waals surface area contributed by atoms with Crippen molar-refractivity contribution < 1.29 is 56.2 Å². The number of thiol groups is 1. The van der Waals surface area contributed by atoms with Gasteiger partial charge in [-0.15, -0.1) is 6.54 Å². The Bertz CT molecular complexity index is 1130. The number of hydrogen-bond donors (Lipinski definition) is 4. The van der Waals surface area contributed by atoms with Gasteiger partial charge < -0.3 is 21.9 Å². The molecule has 0 spiro atoms. The van der Waals surface area contributed by atoms with Crippen molar-refractivity contribution in [3.8, 4) is 11.1 Å². The average molecular weight is 496 g/mol. The Hall–Kier alpha value is -2.17. The molecule has 4 N–H and O–H groups in total. The third-order valence-electron chi connectivity index (χ3n) is 4.53. The molecule has 4 rings (SSSR count). The van der Waals surface area contributed by atoms with Gasteiger partial charge in [-0.2, -0.15) is 12.6 Å². The van der Waals surface area contributed by atoms with E-state index in [1.165, 1.54) is 0 Å². The number of rotatable bonds is 7. The fourth-order valence-corrected chi connectivity index (χ4v) is 3.00. The van der Waals surface area contributed by atoms with Crippen LogP contribution in [0.4, 0.5) is 17.1 Å². The molecule has 168 valence electrons. The monoisotopic (exact) mass is 495 g/mol. The molecule has 0 saturated carbocycles. The summed E-state index contributed by atoms with van der Waals surface area (Å²) in [4.78, 5) is 15.4. The van der Waals surface area contributed by atoms with Crippen LogP contribution in [0.3, 0.4) is 0 Å². The van der Waals surface area contributed by atoms with E-state index in [0.29, 0.717) is 6.54 Å². The van der Waals surface area contributed by atoms with Gasteiger partial charge in [-0.25, -0.2) is 0 Å². The van der Waals surface area contributed by atoms with E-state index in [0.717, 1.165) is 33.8 Å². The molecule has 0 atom stereocenters. The van der Waals surface area contributed by atoms with Crippen LogP contribution in [-0.2, 0) is 11.3 Å². The number of nitrogens with one attached hydrogen (secondary N) is 2. The first-order valence-corrected chi connectivity index (χ1v) is 11.0. The maximum Gasteiger partial charge on any atom is 1.00 e. The van der Waals surface area contributed by atoms with Crippen LogP contribution in [0.2, 0.25) is 0 Å². The zero-order valence-electron chi connectivity index (χ0n) is 19.1. The first-order chi connectivity index (χ1) is 16.2. The minimum Gasteiger partial charge on any atom is -0.567 e. The zero-order valence-corrected chi connectivity index (χ0v) is 23.1. The summed E-state index contributed by atoms with van der Waals surface area (Å²) in [5.41, 5.74) is 18.4. The van der Waals surface area contributed by atoms with Gasteiger partial charge >= 0.3 is 51.4 Å². The maximum absolute atomic E-state index is 11.4. The Labute approximate surface area is 248 Å². The second-order valence-electron chi connectivity index (χ2n) is 7.03.